The van der Waals surface area contributed by atoms with Crippen LogP contribution in [0.4, 0.5) is 5.13 Å². The molecule has 0 aliphatic carbocycles. The number of nitrogens with two attached hydrogens (primary N) is 1. The minimum absolute atomic E-state index is 0.243. The van der Waals surface area contributed by atoms with Crippen LogP contribution in [-0.4, -0.2) is 11.1 Å². The van der Waals surface area contributed by atoms with E-state index < -0.39 is 0 Å². The fraction of sp³-hybridized carbons (Fsp3) is 0.364. The molecule has 2 aromatic rings. The average molecular weight is 222 g/mol. The monoisotopic (exact) mass is 222 g/mol. The Morgan fingerprint density at radius 1 is 1.53 bits per heavy atom. The lowest BCUT2D eigenvalue weighted by atomic mass is 10.3. The third-order valence-corrected chi connectivity index (χ3v) is 3.14. The number of thiazole rings is 1. The van der Waals surface area contributed by atoms with Gasteiger partial charge in [-0.25, -0.2) is 4.98 Å². The molecule has 80 valence electrons. The first-order chi connectivity index (χ1) is 7.19. The zero-order valence-electron chi connectivity index (χ0n) is 8.86. The zero-order valence-corrected chi connectivity index (χ0v) is 9.67. The molecular formula is C11H14N2OS. The summed E-state index contributed by atoms with van der Waals surface area (Å²) in [6.07, 6.45) is 1.25. The second-order valence-electron chi connectivity index (χ2n) is 3.52. The molecule has 3 nitrogen and oxygen atoms in total. The van der Waals surface area contributed by atoms with Gasteiger partial charge in [-0.15, -0.1) is 0 Å². The smallest absolute Gasteiger partial charge is 0.181 e. The van der Waals surface area contributed by atoms with Gasteiger partial charge < -0.3 is 10.5 Å². The van der Waals surface area contributed by atoms with Crippen LogP contribution in [0.1, 0.15) is 20.3 Å². The van der Waals surface area contributed by atoms with Crippen molar-refractivity contribution in [3.05, 3.63) is 18.2 Å². The Bertz CT molecular complexity index is 467. The van der Waals surface area contributed by atoms with Gasteiger partial charge in [-0.1, -0.05) is 18.3 Å². The predicted octanol–water partition coefficient (Wildman–Crippen LogP) is 3.06. The average Bonchev–Trinajstić information content (AvgIpc) is 2.57. The van der Waals surface area contributed by atoms with E-state index in [1.54, 1.807) is 0 Å². The van der Waals surface area contributed by atoms with Gasteiger partial charge in [0, 0.05) is 0 Å². The van der Waals surface area contributed by atoms with Gasteiger partial charge in [0.2, 0.25) is 0 Å². The Morgan fingerprint density at radius 2 is 2.33 bits per heavy atom. The molecule has 0 saturated carbocycles. The lowest BCUT2D eigenvalue weighted by Gasteiger charge is -2.11. The van der Waals surface area contributed by atoms with Crippen LogP contribution in [0.2, 0.25) is 0 Å². The number of hydrogen-bond acceptors (Lipinski definition) is 4. The van der Waals surface area contributed by atoms with Gasteiger partial charge in [-0.05, 0) is 31.5 Å². The van der Waals surface area contributed by atoms with E-state index in [9.17, 15) is 0 Å². The van der Waals surface area contributed by atoms with Crippen LogP contribution >= 0.6 is 11.3 Å². The SMILES string of the molecule is CCC(C)Oc1ccc2nc(N)sc2c1. The highest BCUT2D eigenvalue weighted by Crippen LogP contribution is 2.27. The number of nitrogens with zero attached hydrogens (tertiary/aromatic N) is 1. The maximum absolute atomic E-state index is 5.72. The normalized spacial score (nSPS) is 12.9. The minimum Gasteiger partial charge on any atom is -0.491 e. The number of hydrogen-bond donors (Lipinski definition) is 1. The van der Waals surface area contributed by atoms with Crippen molar-refractivity contribution in [1.29, 1.82) is 0 Å². The third-order valence-electron chi connectivity index (χ3n) is 2.29. The van der Waals surface area contributed by atoms with Crippen LogP contribution in [0.25, 0.3) is 10.2 Å². The molecule has 0 amide bonds. The number of aromatic nitrogens is 1. The number of benzene rings is 1. The summed E-state index contributed by atoms with van der Waals surface area (Å²) in [7, 11) is 0. The predicted molar refractivity (Wildman–Crippen MR) is 64.4 cm³/mol. The molecule has 0 radical (unpaired) electrons. The quantitative estimate of drug-likeness (QED) is 0.868. The van der Waals surface area contributed by atoms with Crippen molar-refractivity contribution in [3.63, 3.8) is 0 Å². The summed E-state index contributed by atoms with van der Waals surface area (Å²) >= 11 is 1.49. The van der Waals surface area contributed by atoms with Crippen LogP contribution in [0, 0.1) is 0 Å². The van der Waals surface area contributed by atoms with Crippen molar-refractivity contribution in [3.8, 4) is 5.75 Å². The topological polar surface area (TPSA) is 48.1 Å². The Balaban J connectivity index is 2.30. The molecule has 0 spiro atoms. The van der Waals surface area contributed by atoms with Crippen molar-refractivity contribution in [2.45, 2.75) is 26.4 Å². The molecule has 0 bridgehead atoms. The molecule has 0 aliphatic rings. The first-order valence-corrected chi connectivity index (χ1v) is 5.83. The van der Waals surface area contributed by atoms with Crippen LogP contribution in [-0.2, 0) is 0 Å². The standard InChI is InChI=1S/C11H14N2OS/c1-3-7(2)14-8-4-5-9-10(6-8)15-11(12)13-9/h4-7H,3H2,1-2H3,(H2,12,13). The molecule has 1 unspecified atom stereocenters. The zero-order chi connectivity index (χ0) is 10.8. The highest BCUT2D eigenvalue weighted by molar-refractivity contribution is 7.22. The number of fused-ring (bicyclic) bond motifs is 1. The molecule has 0 aliphatic heterocycles. The van der Waals surface area contributed by atoms with E-state index in [-0.39, 0.29) is 6.10 Å². The Labute approximate surface area is 92.9 Å². The van der Waals surface area contributed by atoms with Gasteiger partial charge in [-0.3, -0.25) is 0 Å². The summed E-state index contributed by atoms with van der Waals surface area (Å²) in [4.78, 5) is 4.19. The molecule has 4 heteroatoms. The molecule has 15 heavy (non-hydrogen) atoms. The molecule has 1 atom stereocenters. The van der Waals surface area contributed by atoms with Crippen LogP contribution in [0.3, 0.4) is 0 Å². The van der Waals surface area contributed by atoms with Gasteiger partial charge in [0.15, 0.2) is 5.13 Å². The van der Waals surface area contributed by atoms with Crippen molar-refractivity contribution in [1.82, 2.24) is 4.98 Å². The summed E-state index contributed by atoms with van der Waals surface area (Å²) in [5.41, 5.74) is 6.57. The van der Waals surface area contributed by atoms with E-state index in [1.165, 1.54) is 11.3 Å². The van der Waals surface area contributed by atoms with E-state index in [0.29, 0.717) is 5.13 Å². The van der Waals surface area contributed by atoms with Crippen LogP contribution in [0.15, 0.2) is 18.2 Å². The van der Waals surface area contributed by atoms with Gasteiger partial charge in [0.25, 0.3) is 0 Å². The molecule has 1 heterocycles. The maximum Gasteiger partial charge on any atom is 0.181 e. The Hall–Kier alpha value is -1.29. The van der Waals surface area contributed by atoms with Crippen molar-refractivity contribution >= 4 is 26.7 Å². The molecular weight excluding hydrogens is 208 g/mol. The lowest BCUT2D eigenvalue weighted by molar-refractivity contribution is 0.218. The van der Waals surface area contributed by atoms with Crippen molar-refractivity contribution in [2.24, 2.45) is 0 Å². The molecule has 2 N–H and O–H groups in total. The van der Waals surface area contributed by atoms with Crippen LogP contribution in [0.5, 0.6) is 5.75 Å². The fourth-order valence-electron chi connectivity index (χ4n) is 1.31. The second kappa shape index (κ2) is 4.06. The summed E-state index contributed by atoms with van der Waals surface area (Å²) < 4.78 is 6.80. The largest absolute Gasteiger partial charge is 0.491 e. The van der Waals surface area contributed by atoms with E-state index in [4.69, 9.17) is 10.5 Å². The van der Waals surface area contributed by atoms with Gasteiger partial charge in [0.05, 0.1) is 16.3 Å². The molecule has 2 rings (SSSR count). The summed E-state index contributed by atoms with van der Waals surface area (Å²) in [6, 6.07) is 5.88. The van der Waals surface area contributed by atoms with Gasteiger partial charge >= 0.3 is 0 Å². The van der Waals surface area contributed by atoms with Crippen molar-refractivity contribution < 1.29 is 4.74 Å². The Kier molecular flexibility index (Phi) is 2.77. The highest BCUT2D eigenvalue weighted by Gasteiger charge is 2.05. The second-order valence-corrected chi connectivity index (χ2v) is 4.58. The number of nitrogen functional groups attached to an aromatic ring is 1. The van der Waals surface area contributed by atoms with E-state index in [2.05, 4.69) is 18.8 Å². The van der Waals surface area contributed by atoms with E-state index in [0.717, 1.165) is 22.4 Å². The minimum atomic E-state index is 0.243. The summed E-state index contributed by atoms with van der Waals surface area (Å²) in [5.74, 6) is 0.889. The summed E-state index contributed by atoms with van der Waals surface area (Å²) in [6.45, 7) is 4.17. The summed E-state index contributed by atoms with van der Waals surface area (Å²) in [5, 5.41) is 0.602. The molecule has 0 saturated heterocycles. The van der Waals surface area contributed by atoms with Crippen molar-refractivity contribution in [2.75, 3.05) is 5.73 Å². The molecule has 1 aromatic heterocycles. The number of anilines is 1. The fourth-order valence-corrected chi connectivity index (χ4v) is 2.07. The lowest BCUT2D eigenvalue weighted by Crippen LogP contribution is -2.09. The first-order valence-electron chi connectivity index (χ1n) is 5.01. The van der Waals surface area contributed by atoms with E-state index >= 15 is 0 Å². The molecule has 0 fully saturated rings. The van der Waals surface area contributed by atoms with Crippen LogP contribution < -0.4 is 10.5 Å². The maximum atomic E-state index is 5.72. The highest BCUT2D eigenvalue weighted by atomic mass is 32.1. The van der Waals surface area contributed by atoms with E-state index in [1.807, 2.05) is 18.2 Å². The first kappa shape index (κ1) is 10.2. The van der Waals surface area contributed by atoms with Gasteiger partial charge in [-0.2, -0.15) is 0 Å². The van der Waals surface area contributed by atoms with Gasteiger partial charge in [0.1, 0.15) is 5.75 Å². The number of rotatable bonds is 3. The molecule has 1 aromatic carbocycles. The third kappa shape index (κ3) is 2.21. The Morgan fingerprint density at radius 3 is 3.07 bits per heavy atom. The number of ether oxygens (including phenoxy) is 1.